The van der Waals surface area contributed by atoms with Gasteiger partial charge >= 0.3 is 0 Å². The lowest BCUT2D eigenvalue weighted by Crippen LogP contribution is -2.42. The van der Waals surface area contributed by atoms with E-state index in [4.69, 9.17) is 4.42 Å². The fraction of sp³-hybridized carbons (Fsp3) is 0.722. The molecule has 2 rings (SSSR count). The quantitative estimate of drug-likeness (QED) is 0.276. The van der Waals surface area contributed by atoms with Crippen LogP contribution in [0.2, 0.25) is 0 Å². The lowest BCUT2D eigenvalue weighted by molar-refractivity contribution is 0.215. The van der Waals surface area contributed by atoms with E-state index < -0.39 is 0 Å². The van der Waals surface area contributed by atoms with Gasteiger partial charge in [0.25, 0.3) is 0 Å². The third kappa shape index (κ3) is 7.01. The Morgan fingerprint density at radius 1 is 1.29 bits per heavy atom. The summed E-state index contributed by atoms with van der Waals surface area (Å²) in [7, 11) is 1.83. The number of aliphatic imine (C=N–C) groups is 1. The van der Waals surface area contributed by atoms with Crippen LogP contribution in [-0.4, -0.2) is 44.1 Å². The predicted octanol–water partition coefficient (Wildman–Crippen LogP) is 3.64. The second-order valence-electron chi connectivity index (χ2n) is 6.69. The molecule has 0 spiro atoms. The first-order valence-corrected chi connectivity index (χ1v) is 8.92. The molecule has 138 valence electrons. The number of halogens is 1. The molecule has 0 radical (unpaired) electrons. The minimum atomic E-state index is 0. The molecule has 0 saturated carbocycles. The van der Waals surface area contributed by atoms with Crippen LogP contribution in [0, 0.1) is 5.92 Å². The van der Waals surface area contributed by atoms with Crippen molar-refractivity contribution < 1.29 is 4.42 Å². The molecular formula is C18H33IN4O. The van der Waals surface area contributed by atoms with E-state index in [1.807, 2.05) is 13.1 Å². The molecule has 5 nitrogen and oxygen atoms in total. The molecule has 1 atom stereocenters. The molecular weight excluding hydrogens is 415 g/mol. The molecule has 24 heavy (non-hydrogen) atoms. The Kier molecular flexibility index (Phi) is 10.4. The smallest absolute Gasteiger partial charge is 0.191 e. The van der Waals surface area contributed by atoms with Crippen LogP contribution in [0.5, 0.6) is 0 Å². The van der Waals surface area contributed by atoms with Gasteiger partial charge in [-0.15, -0.1) is 24.0 Å². The minimum absolute atomic E-state index is 0. The number of nitrogens with one attached hydrogen (secondary N) is 2. The van der Waals surface area contributed by atoms with Gasteiger partial charge in [0.15, 0.2) is 5.96 Å². The van der Waals surface area contributed by atoms with Crippen molar-refractivity contribution in [2.24, 2.45) is 10.9 Å². The van der Waals surface area contributed by atoms with Crippen LogP contribution in [0.4, 0.5) is 0 Å². The van der Waals surface area contributed by atoms with Gasteiger partial charge in [-0.25, -0.2) is 0 Å². The van der Waals surface area contributed by atoms with Gasteiger partial charge in [-0.05, 0) is 56.8 Å². The largest absolute Gasteiger partial charge is 0.468 e. The highest BCUT2D eigenvalue weighted by Crippen LogP contribution is 2.24. The Labute approximate surface area is 163 Å². The van der Waals surface area contributed by atoms with Crippen molar-refractivity contribution in [2.75, 3.05) is 33.2 Å². The first-order chi connectivity index (χ1) is 11.2. The van der Waals surface area contributed by atoms with Gasteiger partial charge in [0, 0.05) is 20.1 Å². The summed E-state index contributed by atoms with van der Waals surface area (Å²) in [6.45, 7) is 8.60. The normalized spacial score (nSPS) is 16.9. The van der Waals surface area contributed by atoms with Crippen LogP contribution in [-0.2, 0) is 0 Å². The molecule has 2 N–H and O–H groups in total. The van der Waals surface area contributed by atoms with E-state index in [9.17, 15) is 0 Å². The molecule has 1 aromatic heterocycles. The maximum atomic E-state index is 5.66. The van der Waals surface area contributed by atoms with Gasteiger partial charge < -0.3 is 15.1 Å². The molecule has 0 aliphatic carbocycles. The summed E-state index contributed by atoms with van der Waals surface area (Å²) in [5.74, 6) is 2.67. The van der Waals surface area contributed by atoms with E-state index >= 15 is 0 Å². The summed E-state index contributed by atoms with van der Waals surface area (Å²) in [6.07, 6.45) is 6.73. The molecule has 0 amide bonds. The molecule has 2 heterocycles. The Morgan fingerprint density at radius 3 is 2.62 bits per heavy atom. The summed E-state index contributed by atoms with van der Waals surface area (Å²) in [5.41, 5.74) is 0. The van der Waals surface area contributed by atoms with Crippen LogP contribution >= 0.6 is 24.0 Å². The number of rotatable bonds is 8. The topological polar surface area (TPSA) is 52.8 Å². The van der Waals surface area contributed by atoms with Crippen molar-refractivity contribution >= 4 is 29.9 Å². The molecule has 6 heteroatoms. The van der Waals surface area contributed by atoms with Crippen LogP contribution in [0.15, 0.2) is 27.8 Å². The van der Waals surface area contributed by atoms with E-state index in [1.165, 1.54) is 25.7 Å². The number of hydrogen-bond donors (Lipinski definition) is 2. The molecule has 1 saturated heterocycles. The number of nitrogens with zero attached hydrogens (tertiary/aromatic N) is 2. The standard InChI is InChI=1S/C18H32N4O.HI/c1-15(2)8-6-10-20-18(19-3)21-14-16(17-9-7-13-23-17)22-11-4-5-12-22;/h7,9,13,15-16H,4-6,8,10-12,14H2,1-3H3,(H2,19,20,21);1H. The fourth-order valence-electron chi connectivity index (χ4n) is 3.07. The molecule has 1 aromatic rings. The van der Waals surface area contributed by atoms with Gasteiger partial charge in [-0.1, -0.05) is 13.8 Å². The number of furan rings is 1. The molecule has 1 aliphatic rings. The maximum Gasteiger partial charge on any atom is 0.191 e. The summed E-state index contributed by atoms with van der Waals surface area (Å²) >= 11 is 0. The van der Waals surface area contributed by atoms with Crippen molar-refractivity contribution in [1.29, 1.82) is 0 Å². The third-order valence-corrected chi connectivity index (χ3v) is 4.39. The van der Waals surface area contributed by atoms with E-state index in [1.54, 1.807) is 6.26 Å². The number of guanidine groups is 1. The zero-order valence-electron chi connectivity index (χ0n) is 15.3. The predicted molar refractivity (Wildman–Crippen MR) is 111 cm³/mol. The van der Waals surface area contributed by atoms with Gasteiger partial charge in [0.2, 0.25) is 0 Å². The first-order valence-electron chi connectivity index (χ1n) is 8.92. The van der Waals surface area contributed by atoms with Crippen LogP contribution < -0.4 is 10.6 Å². The minimum Gasteiger partial charge on any atom is -0.468 e. The summed E-state index contributed by atoms with van der Waals surface area (Å²) in [5, 5.41) is 6.87. The molecule has 0 bridgehead atoms. The Bertz CT molecular complexity index is 456. The number of hydrogen-bond acceptors (Lipinski definition) is 3. The van der Waals surface area contributed by atoms with Crippen molar-refractivity contribution in [3.8, 4) is 0 Å². The second kappa shape index (κ2) is 11.7. The Morgan fingerprint density at radius 2 is 2.04 bits per heavy atom. The van der Waals surface area contributed by atoms with E-state index in [2.05, 4.69) is 40.4 Å². The van der Waals surface area contributed by atoms with Crippen molar-refractivity contribution in [3.63, 3.8) is 0 Å². The van der Waals surface area contributed by atoms with Crippen molar-refractivity contribution in [2.45, 2.75) is 45.6 Å². The van der Waals surface area contributed by atoms with E-state index in [0.29, 0.717) is 0 Å². The highest BCUT2D eigenvalue weighted by molar-refractivity contribution is 14.0. The highest BCUT2D eigenvalue weighted by Gasteiger charge is 2.25. The van der Waals surface area contributed by atoms with E-state index in [-0.39, 0.29) is 30.0 Å². The van der Waals surface area contributed by atoms with Crippen molar-refractivity contribution in [3.05, 3.63) is 24.2 Å². The fourth-order valence-corrected chi connectivity index (χ4v) is 3.07. The lowest BCUT2D eigenvalue weighted by atomic mass is 10.1. The Balaban J connectivity index is 0.00000288. The van der Waals surface area contributed by atoms with Gasteiger partial charge in [-0.2, -0.15) is 0 Å². The van der Waals surface area contributed by atoms with Crippen LogP contribution in [0.25, 0.3) is 0 Å². The molecule has 1 unspecified atom stereocenters. The monoisotopic (exact) mass is 448 g/mol. The first kappa shape index (κ1) is 21.3. The van der Waals surface area contributed by atoms with Crippen molar-refractivity contribution in [1.82, 2.24) is 15.5 Å². The summed E-state index contributed by atoms with van der Waals surface area (Å²) < 4.78 is 5.66. The van der Waals surface area contributed by atoms with Gasteiger partial charge in [-0.3, -0.25) is 9.89 Å². The molecule has 1 fully saturated rings. The molecule has 1 aliphatic heterocycles. The van der Waals surface area contributed by atoms with E-state index in [0.717, 1.165) is 43.8 Å². The third-order valence-electron chi connectivity index (χ3n) is 4.39. The second-order valence-corrected chi connectivity index (χ2v) is 6.69. The zero-order valence-corrected chi connectivity index (χ0v) is 17.6. The van der Waals surface area contributed by atoms with Gasteiger partial charge in [0.05, 0.1) is 12.3 Å². The van der Waals surface area contributed by atoms with Crippen LogP contribution in [0.1, 0.15) is 51.3 Å². The highest BCUT2D eigenvalue weighted by atomic mass is 127. The zero-order chi connectivity index (χ0) is 16.5. The van der Waals surface area contributed by atoms with Crippen LogP contribution in [0.3, 0.4) is 0 Å². The maximum absolute atomic E-state index is 5.66. The summed E-state index contributed by atoms with van der Waals surface area (Å²) in [6, 6.07) is 4.32. The average molecular weight is 448 g/mol. The number of likely N-dealkylation sites (tertiary alicyclic amines) is 1. The SMILES string of the molecule is CN=C(NCCCC(C)C)NCC(c1ccco1)N1CCCC1.I. The lowest BCUT2D eigenvalue weighted by Gasteiger charge is -2.26. The average Bonchev–Trinajstić information content (AvgIpc) is 3.23. The molecule has 0 aromatic carbocycles. The Hall–Kier alpha value is -0.760. The summed E-state index contributed by atoms with van der Waals surface area (Å²) in [4.78, 5) is 6.83. The van der Waals surface area contributed by atoms with Gasteiger partial charge in [0.1, 0.15) is 5.76 Å².